The number of aromatic nitrogens is 4. The van der Waals surface area contributed by atoms with Crippen molar-refractivity contribution < 1.29 is 18.9 Å². The van der Waals surface area contributed by atoms with Crippen LogP contribution in [0.5, 0.6) is 0 Å². The molecule has 152 valence electrons. The summed E-state index contributed by atoms with van der Waals surface area (Å²) in [6.45, 7) is 5.33. The predicted octanol–water partition coefficient (Wildman–Crippen LogP) is 1.81. The lowest BCUT2D eigenvalue weighted by Gasteiger charge is -2.24. The van der Waals surface area contributed by atoms with E-state index in [1.54, 1.807) is 24.4 Å². The fourth-order valence-electron chi connectivity index (χ4n) is 4.17. The molecule has 0 saturated carbocycles. The lowest BCUT2D eigenvalue weighted by Crippen LogP contribution is -2.31. The van der Waals surface area contributed by atoms with Crippen molar-refractivity contribution in [3.63, 3.8) is 0 Å². The predicted molar refractivity (Wildman–Crippen MR) is 104 cm³/mol. The molecule has 3 saturated heterocycles. The molecule has 3 fully saturated rings. The Bertz CT molecular complexity index is 856. The largest absolute Gasteiger partial charge is 0.379 e. The van der Waals surface area contributed by atoms with Crippen molar-refractivity contribution in [2.24, 2.45) is 0 Å². The van der Waals surface area contributed by atoms with Crippen molar-refractivity contribution in [1.82, 2.24) is 19.5 Å². The highest BCUT2D eigenvalue weighted by molar-refractivity contribution is 7.98. The third-order valence-corrected chi connectivity index (χ3v) is 6.02. The fourth-order valence-corrected chi connectivity index (χ4v) is 4.76. The first kappa shape index (κ1) is 18.6. The van der Waals surface area contributed by atoms with E-state index in [1.807, 2.05) is 18.4 Å². The molecule has 3 aliphatic rings. The van der Waals surface area contributed by atoms with E-state index >= 15 is 0 Å². The Hall–Kier alpha value is -1.46. The Morgan fingerprint density at radius 3 is 2.89 bits per heavy atom. The molecule has 10 heteroatoms. The van der Waals surface area contributed by atoms with Crippen molar-refractivity contribution in [3.05, 3.63) is 12.7 Å². The van der Waals surface area contributed by atoms with Gasteiger partial charge in [-0.2, -0.15) is 11.8 Å². The average molecular weight is 407 g/mol. The number of nitrogens with zero attached hydrogens (tertiary/aromatic N) is 4. The molecule has 28 heavy (non-hydrogen) atoms. The monoisotopic (exact) mass is 407 g/mol. The van der Waals surface area contributed by atoms with Gasteiger partial charge in [0.15, 0.2) is 29.0 Å². The van der Waals surface area contributed by atoms with Gasteiger partial charge in [-0.1, -0.05) is 0 Å². The zero-order valence-corrected chi connectivity index (χ0v) is 17.0. The van der Waals surface area contributed by atoms with Crippen molar-refractivity contribution in [2.45, 2.75) is 56.6 Å². The number of hydrogen-bond acceptors (Lipinski definition) is 9. The maximum atomic E-state index is 6.34. The van der Waals surface area contributed by atoms with Crippen LogP contribution in [0.4, 0.5) is 5.82 Å². The maximum Gasteiger partial charge on any atom is 0.167 e. The smallest absolute Gasteiger partial charge is 0.167 e. The van der Waals surface area contributed by atoms with E-state index in [4.69, 9.17) is 18.9 Å². The van der Waals surface area contributed by atoms with E-state index in [2.05, 4.69) is 26.5 Å². The normalized spacial score (nSPS) is 34.2. The summed E-state index contributed by atoms with van der Waals surface area (Å²) in [7, 11) is 0. The van der Waals surface area contributed by atoms with Crippen LogP contribution in [0.25, 0.3) is 11.2 Å². The Morgan fingerprint density at radius 1 is 1.25 bits per heavy atom. The van der Waals surface area contributed by atoms with E-state index in [1.165, 1.54) is 0 Å². The highest BCUT2D eigenvalue weighted by Crippen LogP contribution is 2.44. The minimum atomic E-state index is -0.630. The van der Waals surface area contributed by atoms with Gasteiger partial charge in [-0.3, -0.25) is 4.57 Å². The molecular formula is C18H25N5O4S. The van der Waals surface area contributed by atoms with Crippen LogP contribution in [0.2, 0.25) is 0 Å². The zero-order valence-electron chi connectivity index (χ0n) is 16.2. The second-order valence-electron chi connectivity index (χ2n) is 7.84. The molecule has 0 bridgehead atoms. The summed E-state index contributed by atoms with van der Waals surface area (Å²) in [5.41, 5.74) is 1.44. The molecule has 1 unspecified atom stereocenters. The van der Waals surface area contributed by atoms with E-state index in [9.17, 15) is 0 Å². The van der Waals surface area contributed by atoms with Gasteiger partial charge in [0, 0.05) is 12.4 Å². The number of rotatable bonds is 5. The molecule has 5 heterocycles. The summed E-state index contributed by atoms with van der Waals surface area (Å²) < 4.78 is 26.1. The number of ether oxygens (including phenoxy) is 4. The summed E-state index contributed by atoms with van der Waals surface area (Å²) >= 11 is 1.74. The average Bonchev–Trinajstić information content (AvgIpc) is 3.41. The van der Waals surface area contributed by atoms with E-state index in [0.717, 1.165) is 35.8 Å². The number of thioether (sulfide) groups is 1. The van der Waals surface area contributed by atoms with Crippen molar-refractivity contribution >= 4 is 28.7 Å². The van der Waals surface area contributed by atoms with E-state index in [-0.39, 0.29) is 30.6 Å². The summed E-state index contributed by atoms with van der Waals surface area (Å²) in [5.74, 6) is 0.931. The standard InChI is InChI=1S/C18H25N5O4S/c1-18(2)26-13-11(7-28-3)25-17(14(13)27-18)23-9-21-12-15(19-8-20-16(12)23)22-10-4-5-24-6-10/h8-11,13-14,17H,4-7H2,1-3H3,(H,19,20,22)/t10-,11-,13-,14-,17?/m1/s1. The van der Waals surface area contributed by atoms with Crippen LogP contribution in [0.3, 0.4) is 0 Å². The molecule has 9 nitrogen and oxygen atoms in total. The number of imidazole rings is 1. The molecule has 0 aromatic carbocycles. The lowest BCUT2D eigenvalue weighted by atomic mass is 10.1. The molecular weight excluding hydrogens is 382 g/mol. The van der Waals surface area contributed by atoms with Gasteiger partial charge in [-0.15, -0.1) is 0 Å². The minimum absolute atomic E-state index is 0.0423. The van der Waals surface area contributed by atoms with Crippen LogP contribution in [0.1, 0.15) is 26.5 Å². The summed E-state index contributed by atoms with van der Waals surface area (Å²) in [6, 6.07) is 0.244. The maximum absolute atomic E-state index is 6.34. The molecule has 2 aromatic heterocycles. The van der Waals surface area contributed by atoms with E-state index in [0.29, 0.717) is 6.61 Å². The molecule has 0 aliphatic carbocycles. The van der Waals surface area contributed by atoms with Crippen LogP contribution in [0, 0.1) is 0 Å². The van der Waals surface area contributed by atoms with Gasteiger partial charge in [0.1, 0.15) is 18.5 Å². The first-order valence-corrected chi connectivity index (χ1v) is 11.0. The SMILES string of the molecule is CSC[C@H]1OC(n2cnc3c(N[C@@H]4CCOC4)ncnc32)[C@@H]2OC(C)(C)O[C@H]12. The molecule has 5 rings (SSSR count). The van der Waals surface area contributed by atoms with Crippen LogP contribution in [0.15, 0.2) is 12.7 Å². The quantitative estimate of drug-likeness (QED) is 0.796. The first-order valence-electron chi connectivity index (χ1n) is 9.57. The van der Waals surface area contributed by atoms with Gasteiger partial charge in [0.05, 0.1) is 25.1 Å². The number of nitrogens with one attached hydrogen (secondary N) is 1. The van der Waals surface area contributed by atoms with Crippen LogP contribution in [-0.2, 0) is 18.9 Å². The number of anilines is 1. The first-order chi connectivity index (χ1) is 13.6. The Balaban J connectivity index is 1.47. The van der Waals surface area contributed by atoms with Gasteiger partial charge >= 0.3 is 0 Å². The van der Waals surface area contributed by atoms with Crippen LogP contribution in [-0.4, -0.2) is 74.9 Å². The fraction of sp³-hybridized carbons (Fsp3) is 0.722. The van der Waals surface area contributed by atoms with Gasteiger partial charge in [-0.25, -0.2) is 15.0 Å². The second-order valence-corrected chi connectivity index (χ2v) is 8.75. The Kier molecular flexibility index (Phi) is 4.71. The summed E-state index contributed by atoms with van der Waals surface area (Å²) in [6.07, 6.45) is 5.63. The van der Waals surface area contributed by atoms with Crippen LogP contribution >= 0.6 is 11.8 Å². The minimum Gasteiger partial charge on any atom is -0.379 e. The van der Waals surface area contributed by atoms with Gasteiger partial charge in [0.2, 0.25) is 0 Å². The van der Waals surface area contributed by atoms with Gasteiger partial charge in [0.25, 0.3) is 0 Å². The molecule has 3 aliphatic heterocycles. The highest BCUT2D eigenvalue weighted by Gasteiger charge is 2.55. The highest BCUT2D eigenvalue weighted by atomic mass is 32.2. The third-order valence-electron chi connectivity index (χ3n) is 5.36. The van der Waals surface area contributed by atoms with Crippen molar-refractivity contribution in [1.29, 1.82) is 0 Å². The van der Waals surface area contributed by atoms with Crippen LogP contribution < -0.4 is 5.32 Å². The van der Waals surface area contributed by atoms with Crippen molar-refractivity contribution in [2.75, 3.05) is 30.5 Å². The van der Waals surface area contributed by atoms with Crippen molar-refractivity contribution in [3.8, 4) is 0 Å². The molecule has 0 amide bonds. The Morgan fingerprint density at radius 2 is 2.11 bits per heavy atom. The summed E-state index contributed by atoms with van der Waals surface area (Å²) in [4.78, 5) is 13.4. The van der Waals surface area contributed by atoms with Gasteiger partial charge < -0.3 is 24.3 Å². The van der Waals surface area contributed by atoms with E-state index < -0.39 is 5.79 Å². The molecule has 0 spiro atoms. The second kappa shape index (κ2) is 7.10. The number of fused-ring (bicyclic) bond motifs is 2. The zero-order chi connectivity index (χ0) is 19.3. The topological polar surface area (TPSA) is 92.6 Å². The summed E-state index contributed by atoms with van der Waals surface area (Å²) in [5, 5.41) is 3.42. The lowest BCUT2D eigenvalue weighted by molar-refractivity contribution is -0.193. The molecule has 5 atom stereocenters. The third kappa shape index (κ3) is 3.17. The van der Waals surface area contributed by atoms with Gasteiger partial charge in [-0.05, 0) is 26.5 Å². The molecule has 2 aromatic rings. The number of hydrogen-bond donors (Lipinski definition) is 1. The Labute approximate surface area is 167 Å². The molecule has 0 radical (unpaired) electrons. The molecule has 1 N–H and O–H groups in total.